The number of anilines is 2. The fourth-order valence-electron chi connectivity index (χ4n) is 2.79. The summed E-state index contributed by atoms with van der Waals surface area (Å²) in [6.45, 7) is 1.22. The highest BCUT2D eigenvalue weighted by molar-refractivity contribution is 8.04. The van der Waals surface area contributed by atoms with Gasteiger partial charge in [-0.15, -0.1) is 11.8 Å². The summed E-state index contributed by atoms with van der Waals surface area (Å²) in [5.74, 6) is -1.46. The van der Waals surface area contributed by atoms with E-state index < -0.39 is 17.6 Å². The van der Waals surface area contributed by atoms with E-state index in [0.717, 1.165) is 16.7 Å². The highest BCUT2D eigenvalue weighted by atomic mass is 32.2. The van der Waals surface area contributed by atoms with Crippen LogP contribution in [0.4, 0.5) is 15.8 Å². The quantitative estimate of drug-likeness (QED) is 0.729. The van der Waals surface area contributed by atoms with Gasteiger partial charge in [0.15, 0.2) is 0 Å². The average molecular weight is 400 g/mol. The Balaban J connectivity index is 1.97. The van der Waals surface area contributed by atoms with Gasteiger partial charge in [0.1, 0.15) is 5.82 Å². The minimum Gasteiger partial charge on any atom is -0.396 e. The lowest BCUT2D eigenvalue weighted by molar-refractivity contribution is -0.120. The summed E-state index contributed by atoms with van der Waals surface area (Å²) < 4.78 is 13.3. The summed E-state index contributed by atoms with van der Waals surface area (Å²) in [5, 5.41) is 11.7. The number of nitrogens with zero attached hydrogens (tertiary/aromatic N) is 1. The van der Waals surface area contributed by atoms with Crippen LogP contribution in [-0.4, -0.2) is 35.2 Å². The van der Waals surface area contributed by atoms with Crippen molar-refractivity contribution < 1.29 is 23.9 Å². The van der Waals surface area contributed by atoms with Crippen molar-refractivity contribution in [2.24, 2.45) is 0 Å². The zero-order chi connectivity index (χ0) is 20.3. The van der Waals surface area contributed by atoms with Crippen LogP contribution in [0.3, 0.4) is 0 Å². The molecule has 0 saturated carbocycles. The van der Waals surface area contributed by atoms with E-state index in [1.165, 1.54) is 31.2 Å². The van der Waals surface area contributed by atoms with E-state index in [0.29, 0.717) is 16.9 Å². The summed E-state index contributed by atoms with van der Waals surface area (Å²) in [4.78, 5) is 38.4. The minimum atomic E-state index is -0.524. The average Bonchev–Trinajstić information content (AvgIpc) is 2.91. The highest BCUT2D eigenvalue weighted by Crippen LogP contribution is 2.38. The van der Waals surface area contributed by atoms with Gasteiger partial charge in [-0.2, -0.15) is 0 Å². The molecule has 0 spiro atoms. The monoisotopic (exact) mass is 400 g/mol. The molecule has 2 aromatic rings. The first-order chi connectivity index (χ1) is 13.4. The predicted octanol–water partition coefficient (Wildman–Crippen LogP) is 2.79. The van der Waals surface area contributed by atoms with Crippen molar-refractivity contribution in [3.8, 4) is 0 Å². The largest absolute Gasteiger partial charge is 0.396 e. The summed E-state index contributed by atoms with van der Waals surface area (Å²) in [5.41, 5.74) is 1.49. The van der Waals surface area contributed by atoms with E-state index in [1.54, 1.807) is 24.3 Å². The zero-order valence-corrected chi connectivity index (χ0v) is 15.8. The SMILES string of the molecule is CC(=O)Nc1ccc(N2C(=O)C(SCCO)=C(c3ccc(F)cc3)C2=O)cc1. The van der Waals surface area contributed by atoms with Crippen LogP contribution in [0.2, 0.25) is 0 Å². The molecule has 3 amide bonds. The third kappa shape index (κ3) is 3.97. The number of amides is 3. The van der Waals surface area contributed by atoms with Gasteiger partial charge in [-0.05, 0) is 42.0 Å². The number of hydrogen-bond acceptors (Lipinski definition) is 5. The van der Waals surface area contributed by atoms with Crippen LogP contribution in [-0.2, 0) is 14.4 Å². The maximum atomic E-state index is 13.3. The zero-order valence-electron chi connectivity index (χ0n) is 14.9. The summed E-state index contributed by atoms with van der Waals surface area (Å²) in [6.07, 6.45) is 0. The lowest BCUT2D eigenvalue weighted by Gasteiger charge is -2.16. The van der Waals surface area contributed by atoms with Crippen molar-refractivity contribution in [2.75, 3.05) is 22.6 Å². The lowest BCUT2D eigenvalue weighted by Crippen LogP contribution is -2.31. The van der Waals surface area contributed by atoms with Crippen LogP contribution in [0.25, 0.3) is 5.57 Å². The first-order valence-electron chi connectivity index (χ1n) is 8.42. The molecule has 0 aromatic heterocycles. The normalized spacial score (nSPS) is 14.0. The molecule has 3 rings (SSSR count). The van der Waals surface area contributed by atoms with Crippen LogP contribution in [0, 0.1) is 5.82 Å². The van der Waals surface area contributed by atoms with E-state index in [9.17, 15) is 18.8 Å². The van der Waals surface area contributed by atoms with E-state index in [-0.39, 0.29) is 28.7 Å². The molecule has 2 aromatic carbocycles. The smallest absolute Gasteiger partial charge is 0.272 e. The standard InChI is InChI=1S/C20H17FN2O4S/c1-12(25)22-15-6-8-16(9-7-15)23-19(26)17(13-2-4-14(21)5-3-13)18(20(23)27)28-11-10-24/h2-9,24H,10-11H2,1H3,(H,22,25). The summed E-state index contributed by atoms with van der Waals surface area (Å²) >= 11 is 1.08. The topological polar surface area (TPSA) is 86.7 Å². The lowest BCUT2D eigenvalue weighted by atomic mass is 10.1. The number of benzene rings is 2. The third-order valence-corrected chi connectivity index (χ3v) is 5.01. The number of carbonyl (C=O) groups excluding carboxylic acids is 3. The molecule has 1 aliphatic rings. The fourth-order valence-corrected chi connectivity index (χ4v) is 3.65. The molecule has 0 saturated heterocycles. The molecule has 144 valence electrons. The molecular formula is C20H17FN2O4S. The molecule has 2 N–H and O–H groups in total. The van der Waals surface area contributed by atoms with Crippen molar-refractivity contribution in [2.45, 2.75) is 6.92 Å². The summed E-state index contributed by atoms with van der Waals surface area (Å²) in [6, 6.07) is 11.6. The molecule has 0 bridgehead atoms. The number of aliphatic hydroxyl groups excluding tert-OH is 1. The van der Waals surface area contributed by atoms with Crippen LogP contribution < -0.4 is 10.2 Å². The van der Waals surface area contributed by atoms with E-state index in [2.05, 4.69) is 5.32 Å². The molecule has 0 aliphatic carbocycles. The second kappa shape index (κ2) is 8.37. The van der Waals surface area contributed by atoms with Gasteiger partial charge < -0.3 is 10.4 Å². The maximum absolute atomic E-state index is 13.3. The number of halogens is 1. The van der Waals surface area contributed by atoms with Gasteiger partial charge in [0.25, 0.3) is 11.8 Å². The molecular weight excluding hydrogens is 383 g/mol. The van der Waals surface area contributed by atoms with Crippen LogP contribution in [0.1, 0.15) is 12.5 Å². The molecule has 28 heavy (non-hydrogen) atoms. The fraction of sp³-hybridized carbons (Fsp3) is 0.150. The Kier molecular flexibility index (Phi) is 5.91. The number of thioether (sulfide) groups is 1. The molecule has 0 fully saturated rings. The maximum Gasteiger partial charge on any atom is 0.272 e. The first-order valence-corrected chi connectivity index (χ1v) is 9.41. The number of carbonyl (C=O) groups is 3. The van der Waals surface area contributed by atoms with E-state index in [1.807, 2.05) is 0 Å². The minimum absolute atomic E-state index is 0.155. The predicted molar refractivity (Wildman–Crippen MR) is 106 cm³/mol. The summed E-state index contributed by atoms with van der Waals surface area (Å²) in [7, 11) is 0. The molecule has 8 heteroatoms. The van der Waals surface area contributed by atoms with Crippen molar-refractivity contribution in [3.63, 3.8) is 0 Å². The van der Waals surface area contributed by atoms with Crippen molar-refractivity contribution in [3.05, 3.63) is 64.8 Å². The molecule has 0 radical (unpaired) electrons. The van der Waals surface area contributed by atoms with Crippen molar-refractivity contribution >= 4 is 46.4 Å². The number of rotatable bonds is 6. The Labute approximate surface area is 165 Å². The third-order valence-electron chi connectivity index (χ3n) is 3.96. The van der Waals surface area contributed by atoms with Gasteiger partial charge in [-0.25, -0.2) is 9.29 Å². The molecule has 1 heterocycles. The molecule has 6 nitrogen and oxygen atoms in total. The van der Waals surface area contributed by atoms with Crippen molar-refractivity contribution in [1.29, 1.82) is 0 Å². The Bertz CT molecular complexity index is 955. The second-order valence-corrected chi connectivity index (χ2v) is 7.06. The van der Waals surface area contributed by atoms with Gasteiger partial charge >= 0.3 is 0 Å². The Morgan fingerprint density at radius 2 is 1.71 bits per heavy atom. The van der Waals surface area contributed by atoms with Gasteiger partial charge in [0.05, 0.1) is 22.8 Å². The number of hydrogen-bond donors (Lipinski definition) is 2. The molecule has 0 atom stereocenters. The van der Waals surface area contributed by atoms with Crippen LogP contribution >= 0.6 is 11.8 Å². The Hall–Kier alpha value is -2.97. The van der Waals surface area contributed by atoms with Gasteiger partial charge in [0, 0.05) is 18.4 Å². The van der Waals surface area contributed by atoms with Crippen LogP contribution in [0.5, 0.6) is 0 Å². The Morgan fingerprint density at radius 1 is 1.07 bits per heavy atom. The van der Waals surface area contributed by atoms with E-state index in [4.69, 9.17) is 5.11 Å². The number of imide groups is 1. The molecule has 1 aliphatic heterocycles. The molecule has 0 unspecified atom stereocenters. The van der Waals surface area contributed by atoms with Gasteiger partial charge in [-0.3, -0.25) is 14.4 Å². The van der Waals surface area contributed by atoms with Crippen molar-refractivity contribution in [1.82, 2.24) is 0 Å². The first kappa shape index (κ1) is 19.8. The van der Waals surface area contributed by atoms with Gasteiger partial charge in [-0.1, -0.05) is 12.1 Å². The van der Waals surface area contributed by atoms with Gasteiger partial charge in [0.2, 0.25) is 5.91 Å². The highest BCUT2D eigenvalue weighted by Gasteiger charge is 2.40. The Morgan fingerprint density at radius 3 is 2.29 bits per heavy atom. The number of nitrogens with one attached hydrogen (secondary N) is 1. The van der Waals surface area contributed by atoms with E-state index >= 15 is 0 Å². The number of aliphatic hydroxyl groups is 1. The van der Waals surface area contributed by atoms with Crippen LogP contribution in [0.15, 0.2) is 53.4 Å². The second-order valence-electron chi connectivity index (χ2n) is 5.96.